The summed E-state index contributed by atoms with van der Waals surface area (Å²) in [4.78, 5) is 19.5. The Balaban J connectivity index is 2.20. The summed E-state index contributed by atoms with van der Waals surface area (Å²) in [6, 6.07) is 6.38. The third-order valence-corrected chi connectivity index (χ3v) is 2.50. The number of aromatic nitrogens is 2. The lowest BCUT2D eigenvalue weighted by Gasteiger charge is -2.06. The van der Waals surface area contributed by atoms with Crippen molar-refractivity contribution in [2.75, 3.05) is 5.32 Å². The van der Waals surface area contributed by atoms with Gasteiger partial charge in [-0.2, -0.15) is 0 Å². The SMILES string of the molecule is O=C(Nc1cccnc1Cl)c1ccnc(Cl)c1. The average molecular weight is 268 g/mol. The summed E-state index contributed by atoms with van der Waals surface area (Å²) in [6.07, 6.45) is 3.00. The standard InChI is InChI=1S/C11H7Cl2N3O/c12-9-6-7(3-5-14-9)11(17)16-8-2-1-4-15-10(8)13/h1-6H,(H,16,17). The zero-order chi connectivity index (χ0) is 12.3. The number of rotatable bonds is 2. The quantitative estimate of drug-likeness (QED) is 0.851. The molecule has 0 aliphatic rings. The van der Waals surface area contributed by atoms with Crippen molar-refractivity contribution in [2.24, 2.45) is 0 Å². The fourth-order valence-corrected chi connectivity index (χ4v) is 1.56. The highest BCUT2D eigenvalue weighted by molar-refractivity contribution is 6.32. The summed E-state index contributed by atoms with van der Waals surface area (Å²) in [6.45, 7) is 0. The van der Waals surface area contributed by atoms with Crippen molar-refractivity contribution >= 4 is 34.8 Å². The molecule has 0 aromatic carbocycles. The predicted octanol–water partition coefficient (Wildman–Crippen LogP) is 3.04. The number of carbonyl (C=O) groups is 1. The first-order chi connectivity index (χ1) is 8.16. The van der Waals surface area contributed by atoms with Gasteiger partial charge in [0.15, 0.2) is 5.15 Å². The van der Waals surface area contributed by atoms with Gasteiger partial charge in [0.2, 0.25) is 0 Å². The topological polar surface area (TPSA) is 54.9 Å². The molecule has 17 heavy (non-hydrogen) atoms. The molecule has 0 saturated heterocycles. The van der Waals surface area contributed by atoms with Crippen LogP contribution in [-0.4, -0.2) is 15.9 Å². The molecule has 4 nitrogen and oxygen atoms in total. The molecule has 1 amide bonds. The number of hydrogen-bond donors (Lipinski definition) is 1. The van der Waals surface area contributed by atoms with Gasteiger partial charge in [0, 0.05) is 18.0 Å². The molecule has 0 bridgehead atoms. The van der Waals surface area contributed by atoms with Crippen LogP contribution in [0, 0.1) is 0 Å². The van der Waals surface area contributed by atoms with Crippen LogP contribution >= 0.6 is 23.2 Å². The molecule has 86 valence electrons. The second-order valence-electron chi connectivity index (χ2n) is 3.16. The Kier molecular flexibility index (Phi) is 3.56. The van der Waals surface area contributed by atoms with Crippen LogP contribution in [0.25, 0.3) is 0 Å². The van der Waals surface area contributed by atoms with E-state index in [1.54, 1.807) is 24.4 Å². The van der Waals surface area contributed by atoms with Crippen LogP contribution in [0.4, 0.5) is 5.69 Å². The van der Waals surface area contributed by atoms with Crippen LogP contribution in [0.3, 0.4) is 0 Å². The highest BCUT2D eigenvalue weighted by atomic mass is 35.5. The fourth-order valence-electron chi connectivity index (χ4n) is 1.22. The predicted molar refractivity (Wildman–Crippen MR) is 66.4 cm³/mol. The molecular weight excluding hydrogens is 261 g/mol. The van der Waals surface area contributed by atoms with Gasteiger partial charge in [-0.25, -0.2) is 9.97 Å². The van der Waals surface area contributed by atoms with Crippen molar-refractivity contribution in [3.63, 3.8) is 0 Å². The minimum Gasteiger partial charge on any atom is -0.319 e. The Labute approximate surface area is 108 Å². The van der Waals surface area contributed by atoms with E-state index in [1.807, 2.05) is 0 Å². The molecule has 2 rings (SSSR count). The van der Waals surface area contributed by atoms with Crippen molar-refractivity contribution < 1.29 is 4.79 Å². The van der Waals surface area contributed by atoms with Gasteiger partial charge in [0.25, 0.3) is 5.91 Å². The van der Waals surface area contributed by atoms with E-state index in [4.69, 9.17) is 23.2 Å². The third-order valence-electron chi connectivity index (χ3n) is 2.00. The maximum atomic E-state index is 11.8. The molecule has 2 aromatic rings. The number of anilines is 1. The number of halogens is 2. The second-order valence-corrected chi connectivity index (χ2v) is 3.91. The lowest BCUT2D eigenvalue weighted by Crippen LogP contribution is -2.12. The van der Waals surface area contributed by atoms with Gasteiger partial charge in [-0.1, -0.05) is 23.2 Å². The smallest absolute Gasteiger partial charge is 0.255 e. The number of pyridine rings is 2. The maximum absolute atomic E-state index is 11.8. The van der Waals surface area contributed by atoms with E-state index >= 15 is 0 Å². The van der Waals surface area contributed by atoms with Crippen molar-refractivity contribution in [1.29, 1.82) is 0 Å². The number of carbonyl (C=O) groups excluding carboxylic acids is 1. The molecule has 0 radical (unpaired) electrons. The van der Waals surface area contributed by atoms with Crippen LogP contribution in [0.1, 0.15) is 10.4 Å². The van der Waals surface area contributed by atoms with E-state index in [2.05, 4.69) is 15.3 Å². The third kappa shape index (κ3) is 2.93. The monoisotopic (exact) mass is 267 g/mol. The van der Waals surface area contributed by atoms with Gasteiger partial charge in [-0.15, -0.1) is 0 Å². The number of nitrogens with zero attached hydrogens (tertiary/aromatic N) is 2. The molecule has 2 aromatic heterocycles. The van der Waals surface area contributed by atoms with Gasteiger partial charge in [-0.05, 0) is 24.3 Å². The van der Waals surface area contributed by atoms with Crippen LogP contribution in [0.15, 0.2) is 36.7 Å². The number of amides is 1. The van der Waals surface area contributed by atoms with Crippen LogP contribution in [0.2, 0.25) is 10.3 Å². The molecule has 0 spiro atoms. The van der Waals surface area contributed by atoms with Crippen molar-refractivity contribution in [2.45, 2.75) is 0 Å². The van der Waals surface area contributed by atoms with E-state index in [0.717, 1.165) is 0 Å². The molecule has 0 aliphatic heterocycles. The molecule has 0 fully saturated rings. The highest BCUT2D eigenvalue weighted by Crippen LogP contribution is 2.18. The molecular formula is C11H7Cl2N3O. The van der Waals surface area contributed by atoms with Crippen LogP contribution < -0.4 is 5.32 Å². The van der Waals surface area contributed by atoms with Crippen LogP contribution in [0.5, 0.6) is 0 Å². The van der Waals surface area contributed by atoms with E-state index < -0.39 is 0 Å². The van der Waals surface area contributed by atoms with Gasteiger partial charge < -0.3 is 5.32 Å². The molecule has 0 atom stereocenters. The Hall–Kier alpha value is -1.65. The largest absolute Gasteiger partial charge is 0.319 e. The van der Waals surface area contributed by atoms with Gasteiger partial charge in [0.05, 0.1) is 5.69 Å². The maximum Gasteiger partial charge on any atom is 0.255 e. The zero-order valence-electron chi connectivity index (χ0n) is 8.52. The summed E-state index contributed by atoms with van der Waals surface area (Å²) in [5, 5.41) is 3.13. The van der Waals surface area contributed by atoms with Crippen molar-refractivity contribution in [3.05, 3.63) is 52.5 Å². The lowest BCUT2D eigenvalue weighted by molar-refractivity contribution is 0.102. The highest BCUT2D eigenvalue weighted by Gasteiger charge is 2.09. The summed E-state index contributed by atoms with van der Waals surface area (Å²) in [5.74, 6) is -0.316. The summed E-state index contributed by atoms with van der Waals surface area (Å²) < 4.78 is 0. The van der Waals surface area contributed by atoms with Crippen molar-refractivity contribution in [1.82, 2.24) is 9.97 Å². The fraction of sp³-hybridized carbons (Fsp3) is 0. The van der Waals surface area contributed by atoms with E-state index in [1.165, 1.54) is 12.3 Å². The summed E-state index contributed by atoms with van der Waals surface area (Å²) >= 11 is 11.5. The van der Waals surface area contributed by atoms with Crippen LogP contribution in [-0.2, 0) is 0 Å². The average Bonchev–Trinajstić information content (AvgIpc) is 2.32. The Morgan fingerprint density at radius 3 is 2.71 bits per heavy atom. The molecule has 1 N–H and O–H groups in total. The number of nitrogens with one attached hydrogen (secondary N) is 1. The first-order valence-corrected chi connectivity index (χ1v) is 5.46. The molecule has 0 aliphatic carbocycles. The molecule has 6 heteroatoms. The molecule has 0 unspecified atom stereocenters. The van der Waals surface area contributed by atoms with Gasteiger partial charge >= 0.3 is 0 Å². The van der Waals surface area contributed by atoms with E-state index in [9.17, 15) is 4.79 Å². The molecule has 2 heterocycles. The minimum absolute atomic E-state index is 0.237. The second kappa shape index (κ2) is 5.12. The minimum atomic E-state index is -0.316. The Morgan fingerprint density at radius 2 is 2.00 bits per heavy atom. The number of hydrogen-bond acceptors (Lipinski definition) is 3. The van der Waals surface area contributed by atoms with Gasteiger partial charge in [0.1, 0.15) is 5.15 Å². The summed E-state index contributed by atoms with van der Waals surface area (Å²) in [5.41, 5.74) is 0.858. The van der Waals surface area contributed by atoms with Gasteiger partial charge in [-0.3, -0.25) is 4.79 Å². The first-order valence-electron chi connectivity index (χ1n) is 4.70. The lowest BCUT2D eigenvalue weighted by atomic mass is 10.2. The Morgan fingerprint density at radius 1 is 1.18 bits per heavy atom. The Bertz CT molecular complexity index is 560. The van der Waals surface area contributed by atoms with E-state index in [0.29, 0.717) is 11.3 Å². The van der Waals surface area contributed by atoms with E-state index in [-0.39, 0.29) is 16.2 Å². The normalized spacial score (nSPS) is 10.0. The zero-order valence-corrected chi connectivity index (χ0v) is 10.0. The van der Waals surface area contributed by atoms with Crippen molar-refractivity contribution in [3.8, 4) is 0 Å². The molecule has 0 saturated carbocycles. The first kappa shape index (κ1) is 11.8. The summed E-state index contributed by atoms with van der Waals surface area (Å²) in [7, 11) is 0.